The molecule has 3 nitrogen and oxygen atoms in total. The van der Waals surface area contributed by atoms with Crippen molar-refractivity contribution < 1.29 is 4.79 Å². The van der Waals surface area contributed by atoms with Gasteiger partial charge >= 0.3 is 0 Å². The van der Waals surface area contributed by atoms with Crippen LogP contribution in [0.5, 0.6) is 0 Å². The molecule has 1 amide bonds. The second kappa shape index (κ2) is 10.2. The molecule has 1 heterocycles. The number of hydrogen-bond acceptors (Lipinski definition) is 2. The quantitative estimate of drug-likeness (QED) is 0.651. The van der Waals surface area contributed by atoms with Gasteiger partial charge in [-0.3, -0.25) is 4.79 Å². The monoisotopic (exact) mass is 268 g/mol. The fraction of sp³-hybridized carbons (Fsp3) is 0.938. The van der Waals surface area contributed by atoms with Gasteiger partial charge in [-0.25, -0.2) is 0 Å². The maximum Gasteiger partial charge on any atom is 0.223 e. The third-order valence-electron chi connectivity index (χ3n) is 4.17. The van der Waals surface area contributed by atoms with E-state index in [4.69, 9.17) is 0 Å². The van der Waals surface area contributed by atoms with E-state index in [1.807, 2.05) is 0 Å². The minimum atomic E-state index is 0.231. The first-order valence-corrected chi connectivity index (χ1v) is 8.28. The van der Waals surface area contributed by atoms with Gasteiger partial charge in [-0.15, -0.1) is 0 Å². The van der Waals surface area contributed by atoms with E-state index in [9.17, 15) is 4.79 Å². The molecule has 3 heteroatoms. The Morgan fingerprint density at radius 1 is 1.16 bits per heavy atom. The molecule has 1 aliphatic rings. The Bertz CT molecular complexity index is 237. The number of amides is 1. The van der Waals surface area contributed by atoms with Crippen LogP contribution in [0.3, 0.4) is 0 Å². The molecule has 0 aliphatic carbocycles. The second-order valence-electron chi connectivity index (χ2n) is 5.79. The SMILES string of the molecule is CCCCC(CC)C(=O)NCCCN1CCCCC1. The third kappa shape index (κ3) is 6.95. The molecular weight excluding hydrogens is 236 g/mol. The molecule has 1 rings (SSSR count). The van der Waals surface area contributed by atoms with Gasteiger partial charge in [0, 0.05) is 12.5 Å². The standard InChI is InChI=1S/C16H32N2O/c1-3-5-10-15(4-2)16(19)17-11-9-14-18-12-7-6-8-13-18/h15H,3-14H2,1-2H3,(H,17,19). The van der Waals surface area contributed by atoms with Crippen molar-refractivity contribution in [3.8, 4) is 0 Å². The number of likely N-dealkylation sites (tertiary alicyclic amines) is 1. The van der Waals surface area contributed by atoms with Crippen LogP contribution in [-0.4, -0.2) is 37.0 Å². The Labute approximate surface area is 119 Å². The smallest absolute Gasteiger partial charge is 0.223 e. The zero-order chi connectivity index (χ0) is 13.9. The summed E-state index contributed by atoms with van der Waals surface area (Å²) in [5.41, 5.74) is 0. The molecule has 0 radical (unpaired) electrons. The van der Waals surface area contributed by atoms with Gasteiger partial charge in [-0.1, -0.05) is 33.1 Å². The van der Waals surface area contributed by atoms with Gasteiger partial charge in [0.15, 0.2) is 0 Å². The predicted octanol–water partition coefficient (Wildman–Crippen LogP) is 3.20. The lowest BCUT2D eigenvalue weighted by Crippen LogP contribution is -2.35. The Balaban J connectivity index is 2.07. The number of hydrogen-bond donors (Lipinski definition) is 1. The largest absolute Gasteiger partial charge is 0.356 e. The molecular formula is C16H32N2O. The summed E-state index contributed by atoms with van der Waals surface area (Å²) in [5, 5.41) is 3.12. The summed E-state index contributed by atoms with van der Waals surface area (Å²) in [5.74, 6) is 0.504. The highest BCUT2D eigenvalue weighted by Gasteiger charge is 2.15. The Kier molecular flexibility index (Phi) is 8.89. The lowest BCUT2D eigenvalue weighted by Gasteiger charge is -2.26. The van der Waals surface area contributed by atoms with E-state index in [0.717, 1.165) is 32.4 Å². The van der Waals surface area contributed by atoms with E-state index in [-0.39, 0.29) is 11.8 Å². The summed E-state index contributed by atoms with van der Waals surface area (Å²) in [6, 6.07) is 0. The van der Waals surface area contributed by atoms with Crippen LogP contribution >= 0.6 is 0 Å². The van der Waals surface area contributed by atoms with Gasteiger partial charge < -0.3 is 10.2 Å². The minimum absolute atomic E-state index is 0.231. The van der Waals surface area contributed by atoms with Crippen LogP contribution in [0, 0.1) is 5.92 Å². The number of unbranched alkanes of at least 4 members (excludes halogenated alkanes) is 1. The Morgan fingerprint density at radius 3 is 2.53 bits per heavy atom. The fourth-order valence-corrected chi connectivity index (χ4v) is 2.81. The predicted molar refractivity (Wildman–Crippen MR) is 81.2 cm³/mol. The van der Waals surface area contributed by atoms with E-state index >= 15 is 0 Å². The van der Waals surface area contributed by atoms with Gasteiger partial charge in [0.2, 0.25) is 5.91 Å². The van der Waals surface area contributed by atoms with Gasteiger partial charge in [0.05, 0.1) is 0 Å². The molecule has 1 N–H and O–H groups in total. The molecule has 0 spiro atoms. The average molecular weight is 268 g/mol. The van der Waals surface area contributed by atoms with Crippen molar-refractivity contribution in [3.63, 3.8) is 0 Å². The molecule has 19 heavy (non-hydrogen) atoms. The first-order chi connectivity index (χ1) is 9.27. The molecule has 0 saturated carbocycles. The van der Waals surface area contributed by atoms with Crippen molar-refractivity contribution >= 4 is 5.91 Å². The summed E-state index contributed by atoms with van der Waals surface area (Å²) < 4.78 is 0. The van der Waals surface area contributed by atoms with E-state index in [2.05, 4.69) is 24.1 Å². The molecule has 1 saturated heterocycles. The number of piperidine rings is 1. The summed E-state index contributed by atoms with van der Waals surface area (Å²) in [7, 11) is 0. The van der Waals surface area contributed by atoms with E-state index in [1.54, 1.807) is 0 Å². The van der Waals surface area contributed by atoms with Crippen LogP contribution in [0.15, 0.2) is 0 Å². The minimum Gasteiger partial charge on any atom is -0.356 e. The third-order valence-corrected chi connectivity index (χ3v) is 4.17. The highest BCUT2D eigenvalue weighted by Crippen LogP contribution is 2.12. The molecule has 112 valence electrons. The number of nitrogens with zero attached hydrogens (tertiary/aromatic N) is 1. The first-order valence-electron chi connectivity index (χ1n) is 8.28. The maximum atomic E-state index is 12.0. The van der Waals surface area contributed by atoms with Gasteiger partial charge in [-0.05, 0) is 51.7 Å². The average Bonchev–Trinajstić information content (AvgIpc) is 2.45. The first kappa shape index (κ1) is 16.5. The molecule has 1 aliphatic heterocycles. The fourth-order valence-electron chi connectivity index (χ4n) is 2.81. The summed E-state index contributed by atoms with van der Waals surface area (Å²) in [6.07, 6.45) is 9.54. The molecule has 0 aromatic carbocycles. The highest BCUT2D eigenvalue weighted by molar-refractivity contribution is 5.78. The second-order valence-corrected chi connectivity index (χ2v) is 5.79. The van der Waals surface area contributed by atoms with E-state index in [0.29, 0.717) is 0 Å². The normalized spacial score (nSPS) is 18.2. The number of nitrogens with one attached hydrogen (secondary N) is 1. The Morgan fingerprint density at radius 2 is 1.89 bits per heavy atom. The number of carbonyl (C=O) groups is 1. The molecule has 1 fully saturated rings. The highest BCUT2D eigenvalue weighted by atomic mass is 16.1. The lowest BCUT2D eigenvalue weighted by atomic mass is 9.98. The Hall–Kier alpha value is -0.570. The van der Waals surface area contributed by atoms with Crippen LogP contribution < -0.4 is 5.32 Å². The molecule has 1 atom stereocenters. The molecule has 0 aromatic rings. The maximum absolute atomic E-state index is 12.0. The summed E-state index contributed by atoms with van der Waals surface area (Å²) in [6.45, 7) is 8.80. The van der Waals surface area contributed by atoms with Gasteiger partial charge in [0.25, 0.3) is 0 Å². The number of rotatable bonds is 9. The van der Waals surface area contributed by atoms with Crippen molar-refractivity contribution in [1.29, 1.82) is 0 Å². The summed E-state index contributed by atoms with van der Waals surface area (Å²) in [4.78, 5) is 14.5. The van der Waals surface area contributed by atoms with Crippen molar-refractivity contribution in [2.75, 3.05) is 26.2 Å². The van der Waals surface area contributed by atoms with E-state index < -0.39 is 0 Å². The zero-order valence-electron chi connectivity index (χ0n) is 12.9. The van der Waals surface area contributed by atoms with Crippen molar-refractivity contribution in [3.05, 3.63) is 0 Å². The molecule has 0 aromatic heterocycles. The van der Waals surface area contributed by atoms with Crippen LogP contribution in [0.25, 0.3) is 0 Å². The van der Waals surface area contributed by atoms with Crippen molar-refractivity contribution in [2.24, 2.45) is 5.92 Å². The molecule has 0 bridgehead atoms. The van der Waals surface area contributed by atoms with Crippen LogP contribution in [0.1, 0.15) is 65.2 Å². The zero-order valence-corrected chi connectivity index (χ0v) is 12.9. The van der Waals surface area contributed by atoms with Crippen LogP contribution in [0.2, 0.25) is 0 Å². The lowest BCUT2D eigenvalue weighted by molar-refractivity contribution is -0.125. The van der Waals surface area contributed by atoms with Crippen molar-refractivity contribution in [1.82, 2.24) is 10.2 Å². The topological polar surface area (TPSA) is 32.3 Å². The van der Waals surface area contributed by atoms with Crippen LogP contribution in [-0.2, 0) is 4.79 Å². The van der Waals surface area contributed by atoms with E-state index in [1.165, 1.54) is 45.2 Å². The van der Waals surface area contributed by atoms with Crippen LogP contribution in [0.4, 0.5) is 0 Å². The van der Waals surface area contributed by atoms with Gasteiger partial charge in [0.1, 0.15) is 0 Å². The number of carbonyl (C=O) groups excluding carboxylic acids is 1. The molecule has 1 unspecified atom stereocenters. The van der Waals surface area contributed by atoms with Crippen molar-refractivity contribution in [2.45, 2.75) is 65.2 Å². The summed E-state index contributed by atoms with van der Waals surface area (Å²) >= 11 is 0. The van der Waals surface area contributed by atoms with Gasteiger partial charge in [-0.2, -0.15) is 0 Å².